The first-order valence-electron chi connectivity index (χ1n) is 4.05. The Kier molecular flexibility index (Phi) is 3.44. The summed E-state index contributed by atoms with van der Waals surface area (Å²) in [5.74, 6) is 0. The fraction of sp³-hybridized carbons (Fsp3) is 0.400. The van der Waals surface area contributed by atoms with E-state index in [1.807, 2.05) is 12.2 Å². The molecule has 1 rings (SSSR count). The highest BCUT2D eigenvalue weighted by molar-refractivity contribution is 6.31. The summed E-state index contributed by atoms with van der Waals surface area (Å²) in [4.78, 5) is 0. The number of hydrogen-bond donors (Lipinski definition) is 0. The second-order valence-corrected chi connectivity index (χ2v) is 3.12. The molecule has 0 atom stereocenters. The van der Waals surface area contributed by atoms with Gasteiger partial charge in [-0.2, -0.15) is 0 Å². The van der Waals surface area contributed by atoms with Crippen LogP contribution in [0.4, 0.5) is 0 Å². The van der Waals surface area contributed by atoms with Crippen LogP contribution in [0.15, 0.2) is 34.9 Å². The zero-order valence-electron chi connectivity index (χ0n) is 6.81. The number of rotatable bonds is 2. The molecular weight excluding hydrogens is 156 g/mol. The minimum atomic E-state index is 0.854. The third-order valence-electron chi connectivity index (χ3n) is 1.69. The lowest BCUT2D eigenvalue weighted by Gasteiger charge is -1.95. The number of halogens is 1. The van der Waals surface area contributed by atoms with Gasteiger partial charge in [-0.15, -0.1) is 0 Å². The molecule has 11 heavy (non-hydrogen) atoms. The van der Waals surface area contributed by atoms with Crippen molar-refractivity contribution in [2.75, 3.05) is 0 Å². The summed E-state index contributed by atoms with van der Waals surface area (Å²) < 4.78 is 0. The summed E-state index contributed by atoms with van der Waals surface area (Å²) in [6.45, 7) is 2.19. The van der Waals surface area contributed by atoms with Crippen LogP contribution in [0, 0.1) is 0 Å². The molecule has 0 nitrogen and oxygen atoms in total. The highest BCUT2D eigenvalue weighted by atomic mass is 35.5. The van der Waals surface area contributed by atoms with Crippen LogP contribution in [-0.4, -0.2) is 0 Å². The molecule has 0 aliphatic heterocycles. The van der Waals surface area contributed by atoms with Gasteiger partial charge in [0.15, 0.2) is 0 Å². The van der Waals surface area contributed by atoms with Crippen molar-refractivity contribution < 1.29 is 0 Å². The van der Waals surface area contributed by atoms with Crippen LogP contribution >= 0.6 is 11.6 Å². The van der Waals surface area contributed by atoms with Gasteiger partial charge in [0.2, 0.25) is 0 Å². The third kappa shape index (κ3) is 2.94. The maximum Gasteiger partial charge on any atom is 0.0369 e. The Morgan fingerprint density at radius 2 is 2.18 bits per heavy atom. The highest BCUT2D eigenvalue weighted by Crippen LogP contribution is 2.16. The van der Waals surface area contributed by atoms with Crippen LogP contribution in [0.5, 0.6) is 0 Å². The second-order valence-electron chi connectivity index (χ2n) is 2.69. The summed E-state index contributed by atoms with van der Waals surface area (Å²) in [7, 11) is 0. The lowest BCUT2D eigenvalue weighted by atomic mass is 10.1. The summed E-state index contributed by atoms with van der Waals surface area (Å²) in [5, 5.41) is 0.854. The first-order chi connectivity index (χ1) is 5.33. The fourth-order valence-corrected chi connectivity index (χ4v) is 1.27. The Hall–Kier alpha value is -0.490. The molecule has 0 bridgehead atoms. The maximum atomic E-state index is 5.83. The van der Waals surface area contributed by atoms with E-state index in [0.29, 0.717) is 0 Å². The largest absolute Gasteiger partial charge is 0.0847 e. The van der Waals surface area contributed by atoms with Gasteiger partial charge in [-0.05, 0) is 18.9 Å². The van der Waals surface area contributed by atoms with Gasteiger partial charge in [0.1, 0.15) is 0 Å². The molecule has 0 aromatic rings. The van der Waals surface area contributed by atoms with Gasteiger partial charge < -0.3 is 0 Å². The monoisotopic (exact) mass is 168 g/mol. The van der Waals surface area contributed by atoms with E-state index in [2.05, 4.69) is 19.1 Å². The van der Waals surface area contributed by atoms with Gasteiger partial charge in [-0.1, -0.05) is 48.7 Å². The van der Waals surface area contributed by atoms with E-state index in [9.17, 15) is 0 Å². The summed E-state index contributed by atoms with van der Waals surface area (Å²) in [5.41, 5.74) is 1.40. The molecule has 60 valence electrons. The number of hydrogen-bond acceptors (Lipinski definition) is 0. The molecule has 0 fully saturated rings. The minimum Gasteiger partial charge on any atom is -0.0847 e. The van der Waals surface area contributed by atoms with Crippen LogP contribution in [-0.2, 0) is 0 Å². The second kappa shape index (κ2) is 4.40. The smallest absolute Gasteiger partial charge is 0.0369 e. The van der Waals surface area contributed by atoms with Crippen molar-refractivity contribution in [1.82, 2.24) is 0 Å². The predicted molar refractivity (Wildman–Crippen MR) is 50.7 cm³/mol. The molecule has 0 radical (unpaired) electrons. The Morgan fingerprint density at radius 3 is 2.91 bits per heavy atom. The average molecular weight is 169 g/mol. The van der Waals surface area contributed by atoms with Gasteiger partial charge in [0.25, 0.3) is 0 Å². The predicted octanol–water partition coefficient (Wildman–Crippen LogP) is 3.80. The van der Waals surface area contributed by atoms with E-state index >= 15 is 0 Å². The van der Waals surface area contributed by atoms with Crippen molar-refractivity contribution >= 4 is 11.6 Å². The topological polar surface area (TPSA) is 0 Å². The fourth-order valence-electron chi connectivity index (χ4n) is 1.12. The van der Waals surface area contributed by atoms with Crippen molar-refractivity contribution in [3.63, 3.8) is 0 Å². The first-order valence-corrected chi connectivity index (χ1v) is 4.43. The lowest BCUT2D eigenvalue weighted by Crippen LogP contribution is -1.75. The van der Waals surface area contributed by atoms with Gasteiger partial charge >= 0.3 is 0 Å². The third-order valence-corrected chi connectivity index (χ3v) is 1.97. The SMILES string of the molecule is CCCC1=CCC=C(Cl)C=C1. The van der Waals surface area contributed by atoms with E-state index in [-0.39, 0.29) is 0 Å². The molecule has 1 aliphatic carbocycles. The first kappa shape index (κ1) is 8.61. The van der Waals surface area contributed by atoms with E-state index in [4.69, 9.17) is 11.6 Å². The Balaban J connectivity index is 2.58. The van der Waals surface area contributed by atoms with E-state index in [1.165, 1.54) is 12.0 Å². The van der Waals surface area contributed by atoms with E-state index < -0.39 is 0 Å². The molecule has 0 saturated carbocycles. The van der Waals surface area contributed by atoms with Crippen LogP contribution in [0.1, 0.15) is 26.2 Å². The number of allylic oxidation sites excluding steroid dienone is 6. The lowest BCUT2D eigenvalue weighted by molar-refractivity contribution is 0.922. The molecule has 0 spiro atoms. The van der Waals surface area contributed by atoms with Gasteiger partial charge in [-0.25, -0.2) is 0 Å². The highest BCUT2D eigenvalue weighted by Gasteiger charge is 1.94. The van der Waals surface area contributed by atoms with Crippen LogP contribution in [0.25, 0.3) is 0 Å². The minimum absolute atomic E-state index is 0.854. The maximum absolute atomic E-state index is 5.83. The molecule has 1 aliphatic rings. The van der Waals surface area contributed by atoms with Crippen LogP contribution in [0.2, 0.25) is 0 Å². The van der Waals surface area contributed by atoms with Crippen molar-refractivity contribution in [2.45, 2.75) is 26.2 Å². The molecule has 0 N–H and O–H groups in total. The molecule has 0 heterocycles. The van der Waals surface area contributed by atoms with Gasteiger partial charge in [0.05, 0.1) is 0 Å². The quantitative estimate of drug-likeness (QED) is 0.589. The van der Waals surface area contributed by atoms with Crippen LogP contribution in [0.3, 0.4) is 0 Å². The summed E-state index contributed by atoms with van der Waals surface area (Å²) in [6, 6.07) is 0. The van der Waals surface area contributed by atoms with E-state index in [0.717, 1.165) is 17.9 Å². The van der Waals surface area contributed by atoms with Crippen molar-refractivity contribution in [3.05, 3.63) is 34.9 Å². The standard InChI is InChI=1S/C10H13Cl/c1-2-4-9-5-3-6-10(11)8-7-9/h5-8H,2-4H2,1H3. The molecule has 0 aromatic heterocycles. The zero-order valence-corrected chi connectivity index (χ0v) is 7.56. The molecule has 0 saturated heterocycles. The van der Waals surface area contributed by atoms with Crippen molar-refractivity contribution in [3.8, 4) is 0 Å². The molecular formula is C10H13Cl. The zero-order chi connectivity index (χ0) is 8.10. The van der Waals surface area contributed by atoms with Crippen molar-refractivity contribution in [1.29, 1.82) is 0 Å². The molecule has 0 aromatic carbocycles. The van der Waals surface area contributed by atoms with Crippen LogP contribution < -0.4 is 0 Å². The Labute approximate surface area is 73.3 Å². The molecule has 0 amide bonds. The average Bonchev–Trinajstić information content (AvgIpc) is 2.17. The normalized spacial score (nSPS) is 17.3. The van der Waals surface area contributed by atoms with Gasteiger partial charge in [0, 0.05) is 5.03 Å². The Bertz CT molecular complexity index is 209. The molecule has 1 heteroatoms. The summed E-state index contributed by atoms with van der Waals surface area (Å²) in [6.07, 6.45) is 11.7. The van der Waals surface area contributed by atoms with E-state index in [1.54, 1.807) is 0 Å². The Morgan fingerprint density at radius 1 is 1.36 bits per heavy atom. The van der Waals surface area contributed by atoms with Gasteiger partial charge in [-0.3, -0.25) is 0 Å². The van der Waals surface area contributed by atoms with Crippen molar-refractivity contribution in [2.24, 2.45) is 0 Å². The molecule has 0 unspecified atom stereocenters. The summed E-state index contributed by atoms with van der Waals surface area (Å²) >= 11 is 5.83.